The van der Waals surface area contributed by atoms with E-state index in [0.29, 0.717) is 43.8 Å². The van der Waals surface area contributed by atoms with Gasteiger partial charge in [0.05, 0.1) is 18.2 Å². The van der Waals surface area contributed by atoms with Crippen LogP contribution in [0.2, 0.25) is 0 Å². The highest BCUT2D eigenvalue weighted by atomic mass is 19.1. The fourth-order valence-electron chi connectivity index (χ4n) is 4.46. The van der Waals surface area contributed by atoms with Gasteiger partial charge >= 0.3 is 0 Å². The van der Waals surface area contributed by atoms with E-state index in [1.54, 1.807) is 31.4 Å². The van der Waals surface area contributed by atoms with Gasteiger partial charge in [0, 0.05) is 38.8 Å². The number of aromatic nitrogens is 2. The van der Waals surface area contributed by atoms with E-state index in [9.17, 15) is 19.4 Å². The van der Waals surface area contributed by atoms with Crippen LogP contribution < -0.4 is 10.1 Å². The third kappa shape index (κ3) is 4.33. The minimum atomic E-state index is -0.875. The molecule has 1 saturated carbocycles. The van der Waals surface area contributed by atoms with Crippen LogP contribution >= 0.6 is 0 Å². The number of aryl methyl sites for hydroxylation is 1. The highest BCUT2D eigenvalue weighted by molar-refractivity contribution is 5.92. The SMILES string of the molecule is Cn1nccc1C(=O)N[C@@H]1C[C@@H](Oc2cccc(F)c2)[C@H](O)[C@H]1N1CCC(O)CC1. The van der Waals surface area contributed by atoms with E-state index >= 15 is 0 Å². The zero-order valence-electron chi connectivity index (χ0n) is 16.8. The second kappa shape index (κ2) is 8.71. The molecular weight excluding hydrogens is 391 g/mol. The van der Waals surface area contributed by atoms with Crippen LogP contribution in [0.15, 0.2) is 36.5 Å². The Labute approximate surface area is 174 Å². The molecule has 1 aliphatic carbocycles. The summed E-state index contributed by atoms with van der Waals surface area (Å²) in [5.74, 6) is -0.353. The number of carbonyl (C=O) groups is 1. The molecule has 8 nitrogen and oxygen atoms in total. The number of halogens is 1. The van der Waals surface area contributed by atoms with Gasteiger partial charge < -0.3 is 20.3 Å². The Bertz CT molecular complexity index is 883. The van der Waals surface area contributed by atoms with Crippen molar-refractivity contribution in [2.24, 2.45) is 7.05 Å². The summed E-state index contributed by atoms with van der Waals surface area (Å²) in [7, 11) is 1.69. The summed E-state index contributed by atoms with van der Waals surface area (Å²) in [6.07, 6.45) is 1.34. The average molecular weight is 418 g/mol. The molecule has 2 aromatic rings. The molecule has 9 heteroatoms. The van der Waals surface area contributed by atoms with Crippen LogP contribution in [0.4, 0.5) is 4.39 Å². The summed E-state index contributed by atoms with van der Waals surface area (Å²) in [5, 5.41) is 28.0. The molecule has 30 heavy (non-hydrogen) atoms. The van der Waals surface area contributed by atoms with E-state index in [0.717, 1.165) is 0 Å². The first-order valence-electron chi connectivity index (χ1n) is 10.2. The maximum absolute atomic E-state index is 13.5. The number of nitrogens with one attached hydrogen (secondary N) is 1. The second-order valence-electron chi connectivity index (χ2n) is 8.02. The number of likely N-dealkylation sites (tertiary alicyclic amines) is 1. The lowest BCUT2D eigenvalue weighted by Gasteiger charge is -2.38. The predicted molar refractivity (Wildman–Crippen MR) is 107 cm³/mol. The smallest absolute Gasteiger partial charge is 0.269 e. The van der Waals surface area contributed by atoms with Crippen molar-refractivity contribution in [3.63, 3.8) is 0 Å². The third-order valence-corrected chi connectivity index (χ3v) is 6.00. The summed E-state index contributed by atoms with van der Waals surface area (Å²) in [5.41, 5.74) is 0.423. The molecule has 1 amide bonds. The number of piperidine rings is 1. The van der Waals surface area contributed by atoms with E-state index in [-0.39, 0.29) is 24.1 Å². The van der Waals surface area contributed by atoms with Crippen LogP contribution in [0.5, 0.6) is 5.75 Å². The topological polar surface area (TPSA) is 99.9 Å². The molecule has 1 aromatic carbocycles. The van der Waals surface area contributed by atoms with Gasteiger partial charge in [-0.2, -0.15) is 5.10 Å². The highest BCUT2D eigenvalue weighted by Crippen LogP contribution is 2.31. The Balaban J connectivity index is 1.53. The Kier molecular flexibility index (Phi) is 6.03. The van der Waals surface area contributed by atoms with Gasteiger partial charge in [0.15, 0.2) is 0 Å². The lowest BCUT2D eigenvalue weighted by molar-refractivity contribution is -0.0146. The Morgan fingerprint density at radius 1 is 1.27 bits per heavy atom. The van der Waals surface area contributed by atoms with Gasteiger partial charge in [0.2, 0.25) is 0 Å². The highest BCUT2D eigenvalue weighted by Gasteiger charge is 2.48. The molecule has 2 fully saturated rings. The number of amides is 1. The number of rotatable bonds is 5. The van der Waals surface area contributed by atoms with E-state index < -0.39 is 18.0 Å². The van der Waals surface area contributed by atoms with Crippen molar-refractivity contribution in [1.29, 1.82) is 0 Å². The van der Waals surface area contributed by atoms with E-state index in [1.807, 2.05) is 0 Å². The molecule has 4 rings (SSSR count). The van der Waals surface area contributed by atoms with Gasteiger partial charge in [-0.3, -0.25) is 14.4 Å². The fraction of sp³-hybridized carbons (Fsp3) is 0.524. The molecule has 0 unspecified atom stereocenters. The number of ether oxygens (including phenoxy) is 1. The summed E-state index contributed by atoms with van der Waals surface area (Å²) < 4.78 is 20.9. The van der Waals surface area contributed by atoms with Gasteiger partial charge in [-0.05, 0) is 31.0 Å². The van der Waals surface area contributed by atoms with Crippen molar-refractivity contribution >= 4 is 5.91 Å². The summed E-state index contributed by atoms with van der Waals surface area (Å²) in [6.45, 7) is 1.24. The zero-order valence-corrected chi connectivity index (χ0v) is 16.8. The van der Waals surface area contributed by atoms with Gasteiger partial charge in [0.25, 0.3) is 5.91 Å². The molecule has 1 saturated heterocycles. The van der Waals surface area contributed by atoms with Gasteiger partial charge in [0.1, 0.15) is 29.5 Å². The van der Waals surface area contributed by atoms with Crippen molar-refractivity contribution < 1.29 is 24.1 Å². The molecule has 0 radical (unpaired) electrons. The standard InChI is InChI=1S/C21H27FN4O4/c1-25-17(5-8-23-25)21(29)24-16-12-18(30-15-4-2-3-13(22)11-15)20(28)19(16)26-9-6-14(27)7-10-26/h2-5,8,11,14,16,18-20,27-28H,6-7,9-10,12H2,1H3,(H,24,29)/t16-,18-,19+,20+/m1/s1. The minimum Gasteiger partial charge on any atom is -0.487 e. The summed E-state index contributed by atoms with van der Waals surface area (Å²) in [6, 6.07) is 6.70. The van der Waals surface area contributed by atoms with E-state index in [2.05, 4.69) is 15.3 Å². The largest absolute Gasteiger partial charge is 0.487 e. The van der Waals surface area contributed by atoms with Gasteiger partial charge in [-0.15, -0.1) is 0 Å². The molecule has 3 N–H and O–H groups in total. The third-order valence-electron chi connectivity index (χ3n) is 6.00. The Hall–Kier alpha value is -2.49. The van der Waals surface area contributed by atoms with Crippen molar-refractivity contribution in [2.75, 3.05) is 13.1 Å². The average Bonchev–Trinajstić information content (AvgIpc) is 3.26. The quantitative estimate of drug-likeness (QED) is 0.661. The predicted octanol–water partition coefficient (Wildman–Crippen LogP) is 0.695. The van der Waals surface area contributed by atoms with Gasteiger partial charge in [-0.25, -0.2) is 4.39 Å². The monoisotopic (exact) mass is 418 g/mol. The molecule has 4 atom stereocenters. The zero-order chi connectivity index (χ0) is 21.3. The van der Waals surface area contributed by atoms with E-state index in [4.69, 9.17) is 4.74 Å². The van der Waals surface area contributed by atoms with Crippen molar-refractivity contribution in [3.8, 4) is 5.75 Å². The molecule has 2 aliphatic rings. The lowest BCUT2D eigenvalue weighted by atomic mass is 10.0. The number of aliphatic hydroxyl groups is 2. The molecule has 1 aromatic heterocycles. The van der Waals surface area contributed by atoms with Gasteiger partial charge in [-0.1, -0.05) is 6.07 Å². The molecular formula is C21H27FN4O4. The number of carbonyl (C=O) groups excluding carboxylic acids is 1. The minimum absolute atomic E-state index is 0.277. The number of benzene rings is 1. The second-order valence-corrected chi connectivity index (χ2v) is 8.02. The lowest BCUT2D eigenvalue weighted by Crippen LogP contribution is -2.56. The molecule has 1 aliphatic heterocycles. The maximum Gasteiger partial charge on any atom is 0.269 e. The molecule has 0 spiro atoms. The van der Waals surface area contributed by atoms with Crippen LogP contribution in [0.3, 0.4) is 0 Å². The molecule has 162 valence electrons. The molecule has 2 heterocycles. The Morgan fingerprint density at radius 3 is 2.70 bits per heavy atom. The van der Waals surface area contributed by atoms with Crippen LogP contribution in [0.25, 0.3) is 0 Å². The number of hydrogen-bond donors (Lipinski definition) is 3. The number of hydrogen-bond acceptors (Lipinski definition) is 6. The van der Waals surface area contributed by atoms with Crippen molar-refractivity contribution in [1.82, 2.24) is 20.0 Å². The van der Waals surface area contributed by atoms with Crippen molar-refractivity contribution in [3.05, 3.63) is 48.0 Å². The normalized spacial score (nSPS) is 27.9. The van der Waals surface area contributed by atoms with Crippen LogP contribution in [-0.2, 0) is 7.05 Å². The first kappa shape index (κ1) is 20.8. The van der Waals surface area contributed by atoms with E-state index in [1.165, 1.54) is 16.8 Å². The summed E-state index contributed by atoms with van der Waals surface area (Å²) >= 11 is 0. The van der Waals surface area contributed by atoms with Crippen LogP contribution in [-0.4, -0.2) is 74.3 Å². The fourth-order valence-corrected chi connectivity index (χ4v) is 4.46. The molecule has 0 bridgehead atoms. The summed E-state index contributed by atoms with van der Waals surface area (Å²) in [4.78, 5) is 14.9. The first-order chi connectivity index (χ1) is 14.4. The number of nitrogens with zero attached hydrogens (tertiary/aromatic N) is 3. The maximum atomic E-state index is 13.5. The van der Waals surface area contributed by atoms with Crippen LogP contribution in [0, 0.1) is 5.82 Å². The Morgan fingerprint density at radius 2 is 2.03 bits per heavy atom. The number of aliphatic hydroxyl groups excluding tert-OH is 2. The van der Waals surface area contributed by atoms with Crippen LogP contribution in [0.1, 0.15) is 29.8 Å². The van der Waals surface area contributed by atoms with Crippen molar-refractivity contribution in [2.45, 2.75) is 49.7 Å². The first-order valence-corrected chi connectivity index (χ1v) is 10.2.